The van der Waals surface area contributed by atoms with Crippen LogP contribution in [0.4, 0.5) is 11.4 Å². The predicted molar refractivity (Wildman–Crippen MR) is 107 cm³/mol. The number of rotatable bonds is 4. The third kappa shape index (κ3) is 4.30. The number of nitrogens with zero attached hydrogens (tertiary/aromatic N) is 1. The number of ether oxygens (including phenoxy) is 1. The highest BCUT2D eigenvalue weighted by Gasteiger charge is 2.35. The van der Waals surface area contributed by atoms with Crippen molar-refractivity contribution >= 4 is 23.2 Å². The zero-order valence-electron chi connectivity index (χ0n) is 16.3. The number of methoxy groups -OCH3 is 1. The number of carbonyl (C=O) groups is 2. The van der Waals surface area contributed by atoms with Gasteiger partial charge in [-0.15, -0.1) is 0 Å². The minimum atomic E-state index is -0.369. The molecule has 1 N–H and O–H groups in total. The fourth-order valence-electron chi connectivity index (χ4n) is 3.21. The summed E-state index contributed by atoms with van der Waals surface area (Å²) in [4.78, 5) is 26.7. The molecular formula is C22H26N2O3. The maximum Gasteiger partial charge on any atom is 0.229 e. The first-order chi connectivity index (χ1) is 12.8. The van der Waals surface area contributed by atoms with E-state index in [4.69, 9.17) is 4.74 Å². The summed E-state index contributed by atoms with van der Waals surface area (Å²) >= 11 is 0. The van der Waals surface area contributed by atoms with E-state index in [1.54, 1.807) is 12.0 Å². The van der Waals surface area contributed by atoms with Gasteiger partial charge in [-0.1, -0.05) is 39.0 Å². The van der Waals surface area contributed by atoms with Crippen LogP contribution in [0, 0.1) is 5.92 Å². The highest BCUT2D eigenvalue weighted by molar-refractivity contribution is 6.03. The molecule has 142 valence electrons. The van der Waals surface area contributed by atoms with Crippen molar-refractivity contribution in [2.75, 3.05) is 23.9 Å². The average Bonchev–Trinajstić information content (AvgIpc) is 3.03. The highest BCUT2D eigenvalue weighted by Crippen LogP contribution is 2.29. The van der Waals surface area contributed by atoms with Gasteiger partial charge in [-0.05, 0) is 35.2 Å². The van der Waals surface area contributed by atoms with Gasteiger partial charge in [0.2, 0.25) is 11.8 Å². The Morgan fingerprint density at radius 3 is 2.48 bits per heavy atom. The number of hydrogen-bond acceptors (Lipinski definition) is 3. The monoisotopic (exact) mass is 366 g/mol. The van der Waals surface area contributed by atoms with Crippen molar-refractivity contribution in [2.24, 2.45) is 5.92 Å². The summed E-state index contributed by atoms with van der Waals surface area (Å²) in [5.41, 5.74) is 2.78. The zero-order valence-corrected chi connectivity index (χ0v) is 16.3. The van der Waals surface area contributed by atoms with Gasteiger partial charge in [-0.2, -0.15) is 0 Å². The molecule has 0 saturated carbocycles. The van der Waals surface area contributed by atoms with Gasteiger partial charge in [0.15, 0.2) is 0 Å². The van der Waals surface area contributed by atoms with Crippen LogP contribution in [0.25, 0.3) is 0 Å². The molecule has 3 rings (SSSR count). The van der Waals surface area contributed by atoms with Crippen LogP contribution < -0.4 is 15.0 Å². The number of benzene rings is 2. The second-order valence-electron chi connectivity index (χ2n) is 7.92. The van der Waals surface area contributed by atoms with Crippen LogP contribution in [-0.4, -0.2) is 25.5 Å². The van der Waals surface area contributed by atoms with E-state index in [1.165, 1.54) is 5.56 Å². The molecule has 1 aliphatic rings. The van der Waals surface area contributed by atoms with Gasteiger partial charge in [-0.25, -0.2) is 0 Å². The Hall–Kier alpha value is -2.82. The predicted octanol–water partition coefficient (Wildman–Crippen LogP) is 3.98. The van der Waals surface area contributed by atoms with E-state index in [9.17, 15) is 9.59 Å². The molecule has 2 aromatic rings. The first kappa shape index (κ1) is 19.0. The molecule has 0 aromatic heterocycles. The first-order valence-corrected chi connectivity index (χ1v) is 9.14. The number of hydrogen-bond donors (Lipinski definition) is 1. The summed E-state index contributed by atoms with van der Waals surface area (Å²) < 4.78 is 5.22. The molecule has 5 heteroatoms. The van der Waals surface area contributed by atoms with Crippen LogP contribution in [0.5, 0.6) is 5.75 Å². The van der Waals surface area contributed by atoms with Crippen molar-refractivity contribution in [3.05, 3.63) is 54.1 Å². The van der Waals surface area contributed by atoms with Crippen LogP contribution in [0.3, 0.4) is 0 Å². The normalized spacial score (nSPS) is 17.1. The average molecular weight is 366 g/mol. The fraction of sp³-hybridized carbons (Fsp3) is 0.364. The molecule has 1 fully saturated rings. The maximum absolute atomic E-state index is 12.6. The molecule has 0 radical (unpaired) electrons. The van der Waals surface area contributed by atoms with Crippen molar-refractivity contribution in [3.63, 3.8) is 0 Å². The lowest BCUT2D eigenvalue weighted by Gasteiger charge is -2.19. The molecule has 0 aliphatic carbocycles. The zero-order chi connectivity index (χ0) is 19.6. The van der Waals surface area contributed by atoms with E-state index < -0.39 is 0 Å². The molecule has 2 aromatic carbocycles. The van der Waals surface area contributed by atoms with Gasteiger partial charge in [0, 0.05) is 30.4 Å². The van der Waals surface area contributed by atoms with E-state index in [0.717, 1.165) is 11.4 Å². The van der Waals surface area contributed by atoms with Gasteiger partial charge in [0.25, 0.3) is 0 Å². The summed E-state index contributed by atoms with van der Waals surface area (Å²) in [5.74, 6) is 0.141. The summed E-state index contributed by atoms with van der Waals surface area (Å²) in [6.45, 7) is 6.82. The van der Waals surface area contributed by atoms with Gasteiger partial charge < -0.3 is 15.0 Å². The Morgan fingerprint density at radius 1 is 1.15 bits per heavy atom. The molecule has 1 saturated heterocycles. The van der Waals surface area contributed by atoms with Crippen molar-refractivity contribution in [1.82, 2.24) is 0 Å². The summed E-state index contributed by atoms with van der Waals surface area (Å²) in [7, 11) is 1.59. The highest BCUT2D eigenvalue weighted by atomic mass is 16.5. The van der Waals surface area contributed by atoms with Crippen molar-refractivity contribution in [1.29, 1.82) is 0 Å². The van der Waals surface area contributed by atoms with E-state index in [0.29, 0.717) is 12.3 Å². The van der Waals surface area contributed by atoms with Crippen LogP contribution in [0.2, 0.25) is 0 Å². The minimum Gasteiger partial charge on any atom is -0.497 e. The molecular weight excluding hydrogens is 340 g/mol. The van der Waals surface area contributed by atoms with E-state index in [-0.39, 0.29) is 29.6 Å². The topological polar surface area (TPSA) is 58.6 Å². The molecule has 0 spiro atoms. The maximum atomic E-state index is 12.6. The molecule has 0 bridgehead atoms. The largest absolute Gasteiger partial charge is 0.497 e. The van der Waals surface area contributed by atoms with E-state index in [2.05, 4.69) is 26.1 Å². The van der Waals surface area contributed by atoms with Gasteiger partial charge in [0.1, 0.15) is 5.75 Å². The number of nitrogens with one attached hydrogen (secondary N) is 1. The van der Waals surface area contributed by atoms with Gasteiger partial charge in [-0.3, -0.25) is 9.59 Å². The van der Waals surface area contributed by atoms with Crippen LogP contribution in [0.15, 0.2) is 48.5 Å². The summed E-state index contributed by atoms with van der Waals surface area (Å²) in [6, 6.07) is 15.2. The Kier molecular flexibility index (Phi) is 5.22. The van der Waals surface area contributed by atoms with Crippen LogP contribution >= 0.6 is 0 Å². The van der Waals surface area contributed by atoms with Gasteiger partial charge in [0.05, 0.1) is 13.0 Å². The van der Waals surface area contributed by atoms with E-state index in [1.807, 2.05) is 48.5 Å². The number of anilines is 2. The molecule has 1 unspecified atom stereocenters. The lowest BCUT2D eigenvalue weighted by atomic mass is 9.87. The van der Waals surface area contributed by atoms with E-state index >= 15 is 0 Å². The third-order valence-electron chi connectivity index (χ3n) is 4.88. The summed E-state index contributed by atoms with van der Waals surface area (Å²) in [6.07, 6.45) is 0.211. The smallest absolute Gasteiger partial charge is 0.229 e. The molecule has 1 atom stereocenters. The quantitative estimate of drug-likeness (QED) is 0.890. The Labute approximate surface area is 160 Å². The number of carbonyl (C=O) groups excluding carboxylic acids is 2. The Balaban J connectivity index is 1.67. The molecule has 5 nitrogen and oxygen atoms in total. The fourth-order valence-corrected chi connectivity index (χ4v) is 3.21. The van der Waals surface area contributed by atoms with Crippen molar-refractivity contribution in [3.8, 4) is 5.75 Å². The Bertz CT molecular complexity index is 837. The molecule has 1 aliphatic heterocycles. The SMILES string of the molecule is COc1cccc(N2CC(C(=O)Nc3ccc(C(C)(C)C)cc3)CC2=O)c1. The molecule has 27 heavy (non-hydrogen) atoms. The summed E-state index contributed by atoms with van der Waals surface area (Å²) in [5, 5.41) is 2.94. The first-order valence-electron chi connectivity index (χ1n) is 9.14. The van der Waals surface area contributed by atoms with Crippen molar-refractivity contribution < 1.29 is 14.3 Å². The molecule has 1 heterocycles. The van der Waals surface area contributed by atoms with Crippen LogP contribution in [0.1, 0.15) is 32.8 Å². The third-order valence-corrected chi connectivity index (χ3v) is 4.88. The standard InChI is InChI=1S/C22H26N2O3/c1-22(2,3)16-8-10-17(11-9-16)23-21(26)15-12-20(25)24(14-15)18-6-5-7-19(13-18)27-4/h5-11,13,15H,12,14H2,1-4H3,(H,23,26). The number of amides is 2. The second-order valence-corrected chi connectivity index (χ2v) is 7.92. The van der Waals surface area contributed by atoms with Crippen LogP contribution in [-0.2, 0) is 15.0 Å². The second kappa shape index (κ2) is 7.43. The molecule has 2 amide bonds. The minimum absolute atomic E-state index is 0.0496. The van der Waals surface area contributed by atoms with Gasteiger partial charge >= 0.3 is 0 Å². The Morgan fingerprint density at radius 2 is 1.85 bits per heavy atom. The van der Waals surface area contributed by atoms with Crippen molar-refractivity contribution in [2.45, 2.75) is 32.6 Å². The lowest BCUT2D eigenvalue weighted by molar-refractivity contribution is -0.122. The lowest BCUT2D eigenvalue weighted by Crippen LogP contribution is -2.28.